The van der Waals surface area contributed by atoms with Gasteiger partial charge in [0.05, 0.1) is 13.7 Å². The predicted molar refractivity (Wildman–Crippen MR) is 96.4 cm³/mol. The molecule has 1 aromatic heterocycles. The van der Waals surface area contributed by atoms with Crippen LogP contribution in [-0.2, 0) is 13.0 Å². The summed E-state index contributed by atoms with van der Waals surface area (Å²) in [6, 6.07) is 14.5. The van der Waals surface area contributed by atoms with Crippen LogP contribution in [0.5, 0.6) is 5.75 Å². The summed E-state index contributed by atoms with van der Waals surface area (Å²) in [5, 5.41) is 4.00. The zero-order chi connectivity index (χ0) is 18.5. The highest BCUT2D eigenvalue weighted by atomic mass is 19.1. The minimum absolute atomic E-state index is 0.156. The summed E-state index contributed by atoms with van der Waals surface area (Å²) in [5.74, 6) is 1.65. The van der Waals surface area contributed by atoms with Crippen LogP contribution in [0.4, 0.5) is 4.39 Å². The molecule has 26 heavy (non-hydrogen) atoms. The smallest absolute Gasteiger partial charge is 0.240 e. The van der Waals surface area contributed by atoms with E-state index in [0.717, 1.165) is 16.9 Å². The number of benzene rings is 2. The maximum Gasteiger partial charge on any atom is 0.240 e. The number of aromatic nitrogens is 2. The fourth-order valence-electron chi connectivity index (χ4n) is 2.76. The van der Waals surface area contributed by atoms with Crippen molar-refractivity contribution in [3.8, 4) is 5.75 Å². The zero-order valence-corrected chi connectivity index (χ0v) is 15.1. The Labute approximate surface area is 152 Å². The van der Waals surface area contributed by atoms with Crippen molar-refractivity contribution in [1.82, 2.24) is 15.0 Å². The highest BCUT2D eigenvalue weighted by Gasteiger charge is 2.16. The molecule has 0 fully saturated rings. The van der Waals surface area contributed by atoms with E-state index in [4.69, 9.17) is 9.26 Å². The zero-order valence-electron chi connectivity index (χ0n) is 15.1. The first-order valence-corrected chi connectivity index (χ1v) is 8.45. The summed E-state index contributed by atoms with van der Waals surface area (Å²) in [5.41, 5.74) is 1.96. The largest absolute Gasteiger partial charge is 0.497 e. The van der Waals surface area contributed by atoms with E-state index >= 15 is 0 Å². The lowest BCUT2D eigenvalue weighted by atomic mass is 10.1. The molecule has 136 valence electrons. The molecule has 1 heterocycles. The van der Waals surface area contributed by atoms with Crippen LogP contribution in [-0.4, -0.2) is 29.2 Å². The summed E-state index contributed by atoms with van der Waals surface area (Å²) >= 11 is 0. The Bertz CT molecular complexity index is 866. The number of halogens is 1. The second-order valence-corrected chi connectivity index (χ2v) is 6.28. The van der Waals surface area contributed by atoms with E-state index in [0.29, 0.717) is 24.7 Å². The predicted octanol–water partition coefficient (Wildman–Crippen LogP) is 4.00. The van der Waals surface area contributed by atoms with Crippen molar-refractivity contribution in [2.24, 2.45) is 0 Å². The van der Waals surface area contributed by atoms with Crippen molar-refractivity contribution in [2.75, 3.05) is 14.2 Å². The Morgan fingerprint density at radius 2 is 2.00 bits per heavy atom. The Balaban J connectivity index is 1.64. The van der Waals surface area contributed by atoms with E-state index in [-0.39, 0.29) is 11.9 Å². The molecule has 0 aliphatic heterocycles. The van der Waals surface area contributed by atoms with Gasteiger partial charge in [0.25, 0.3) is 0 Å². The van der Waals surface area contributed by atoms with Gasteiger partial charge >= 0.3 is 0 Å². The number of methoxy groups -OCH3 is 1. The van der Waals surface area contributed by atoms with Crippen molar-refractivity contribution in [3.63, 3.8) is 0 Å². The fourth-order valence-corrected chi connectivity index (χ4v) is 2.76. The first-order chi connectivity index (χ1) is 12.5. The van der Waals surface area contributed by atoms with E-state index < -0.39 is 0 Å². The molecule has 0 bridgehead atoms. The summed E-state index contributed by atoms with van der Waals surface area (Å²) in [6.07, 6.45) is 0.441. The van der Waals surface area contributed by atoms with E-state index in [1.54, 1.807) is 13.2 Å². The molecule has 3 rings (SSSR count). The lowest BCUT2D eigenvalue weighted by Crippen LogP contribution is -2.22. The summed E-state index contributed by atoms with van der Waals surface area (Å²) in [6.45, 7) is 2.63. The van der Waals surface area contributed by atoms with Crippen molar-refractivity contribution in [3.05, 3.63) is 77.2 Å². The molecular formula is C20H22FN3O2. The van der Waals surface area contributed by atoms with Crippen molar-refractivity contribution < 1.29 is 13.7 Å². The second-order valence-electron chi connectivity index (χ2n) is 6.28. The van der Waals surface area contributed by atoms with Crippen molar-refractivity contribution in [2.45, 2.75) is 25.9 Å². The van der Waals surface area contributed by atoms with E-state index in [9.17, 15) is 4.39 Å². The molecule has 0 radical (unpaired) electrons. The van der Waals surface area contributed by atoms with Gasteiger partial charge in [-0.25, -0.2) is 4.39 Å². The third-order valence-corrected chi connectivity index (χ3v) is 4.38. The normalized spacial score (nSPS) is 12.3. The lowest BCUT2D eigenvalue weighted by Gasteiger charge is -2.23. The van der Waals surface area contributed by atoms with Gasteiger partial charge in [-0.3, -0.25) is 4.90 Å². The molecule has 0 aliphatic rings. The lowest BCUT2D eigenvalue weighted by molar-refractivity contribution is 0.216. The van der Waals surface area contributed by atoms with Gasteiger partial charge in [-0.05, 0) is 49.4 Å². The molecule has 2 aromatic carbocycles. The van der Waals surface area contributed by atoms with Crippen LogP contribution in [0.3, 0.4) is 0 Å². The molecule has 1 atom stereocenters. The number of hydrogen-bond acceptors (Lipinski definition) is 5. The third-order valence-electron chi connectivity index (χ3n) is 4.38. The van der Waals surface area contributed by atoms with Crippen LogP contribution in [0.15, 0.2) is 53.1 Å². The molecule has 0 spiro atoms. The third kappa shape index (κ3) is 4.46. The van der Waals surface area contributed by atoms with Gasteiger partial charge < -0.3 is 9.26 Å². The maximum absolute atomic E-state index is 13.3. The van der Waals surface area contributed by atoms with Crippen LogP contribution in [0.25, 0.3) is 0 Å². The molecular weight excluding hydrogens is 333 g/mol. The van der Waals surface area contributed by atoms with Crippen LogP contribution < -0.4 is 4.74 Å². The Morgan fingerprint density at radius 1 is 1.19 bits per heavy atom. The van der Waals surface area contributed by atoms with Crippen molar-refractivity contribution in [1.29, 1.82) is 0 Å². The molecule has 0 saturated carbocycles. The van der Waals surface area contributed by atoms with Gasteiger partial charge in [0.15, 0.2) is 5.82 Å². The SMILES string of the molecule is COc1cccc([C@H](C)N(C)Cc2nc(Cc3cccc(F)c3)no2)c1. The summed E-state index contributed by atoms with van der Waals surface area (Å²) in [4.78, 5) is 6.54. The fraction of sp³-hybridized carbons (Fsp3) is 0.300. The number of rotatable bonds is 7. The molecule has 0 saturated heterocycles. The average molecular weight is 355 g/mol. The molecule has 0 N–H and O–H groups in total. The molecule has 5 nitrogen and oxygen atoms in total. The average Bonchev–Trinajstić information content (AvgIpc) is 3.07. The van der Waals surface area contributed by atoms with E-state index in [1.165, 1.54) is 12.1 Å². The molecule has 0 amide bonds. The van der Waals surface area contributed by atoms with Crippen LogP contribution >= 0.6 is 0 Å². The highest BCUT2D eigenvalue weighted by Crippen LogP contribution is 2.24. The highest BCUT2D eigenvalue weighted by molar-refractivity contribution is 5.30. The van der Waals surface area contributed by atoms with Gasteiger partial charge in [-0.2, -0.15) is 4.98 Å². The van der Waals surface area contributed by atoms with Gasteiger partial charge in [0, 0.05) is 12.5 Å². The van der Waals surface area contributed by atoms with Gasteiger partial charge in [-0.1, -0.05) is 29.4 Å². The standard InChI is InChI=1S/C20H22FN3O2/c1-14(16-7-5-9-18(12-16)25-3)24(2)13-20-22-19(23-26-20)11-15-6-4-8-17(21)10-15/h4-10,12,14H,11,13H2,1-3H3/t14-/m0/s1. The topological polar surface area (TPSA) is 51.4 Å². The number of hydrogen-bond donors (Lipinski definition) is 0. The van der Waals surface area contributed by atoms with Gasteiger partial charge in [0.1, 0.15) is 11.6 Å². The number of nitrogens with zero attached hydrogens (tertiary/aromatic N) is 3. The Kier molecular flexibility index (Phi) is 5.63. The Morgan fingerprint density at radius 3 is 2.77 bits per heavy atom. The second kappa shape index (κ2) is 8.10. The molecule has 0 unspecified atom stereocenters. The summed E-state index contributed by atoms with van der Waals surface area (Å²) < 4.78 is 23.9. The monoisotopic (exact) mass is 355 g/mol. The minimum Gasteiger partial charge on any atom is -0.497 e. The maximum atomic E-state index is 13.3. The first kappa shape index (κ1) is 18.1. The number of ether oxygens (including phenoxy) is 1. The Hall–Kier alpha value is -2.73. The van der Waals surface area contributed by atoms with Gasteiger partial charge in [-0.15, -0.1) is 0 Å². The minimum atomic E-state index is -0.266. The quantitative estimate of drug-likeness (QED) is 0.641. The van der Waals surface area contributed by atoms with Gasteiger partial charge in [0.2, 0.25) is 5.89 Å². The molecule has 0 aliphatic carbocycles. The van der Waals surface area contributed by atoms with E-state index in [1.807, 2.05) is 31.3 Å². The summed E-state index contributed by atoms with van der Waals surface area (Å²) in [7, 11) is 3.66. The molecule has 3 aromatic rings. The van der Waals surface area contributed by atoms with Crippen LogP contribution in [0, 0.1) is 5.82 Å². The van der Waals surface area contributed by atoms with Crippen molar-refractivity contribution >= 4 is 0 Å². The van der Waals surface area contributed by atoms with Crippen LogP contribution in [0.1, 0.15) is 35.8 Å². The molecule has 6 heteroatoms. The first-order valence-electron chi connectivity index (χ1n) is 8.45. The van der Waals surface area contributed by atoms with E-state index in [2.05, 4.69) is 28.0 Å². The van der Waals surface area contributed by atoms with Crippen LogP contribution in [0.2, 0.25) is 0 Å².